The average molecular weight is 793 g/mol. The highest BCUT2D eigenvalue weighted by Gasteiger charge is 2.51. The van der Waals surface area contributed by atoms with Crippen LogP contribution < -0.4 is 10.4 Å². The summed E-state index contributed by atoms with van der Waals surface area (Å²) in [6.45, 7) is 7.80. The number of ether oxygens (including phenoxy) is 4. The van der Waals surface area contributed by atoms with Gasteiger partial charge in [0.1, 0.15) is 16.9 Å². The van der Waals surface area contributed by atoms with Crippen molar-refractivity contribution in [1.29, 1.82) is 0 Å². The van der Waals surface area contributed by atoms with Crippen LogP contribution in [0.3, 0.4) is 0 Å². The van der Waals surface area contributed by atoms with Gasteiger partial charge in [0.05, 0.1) is 12.2 Å². The standard InChI is InChI=1S/C51H52O8/c1-31(2)41-21-16-32-14-17-35(18-15-32)42-22-19-37(36-13-9-12-34(27-36)26-33-10-7-6-8-11-33)28-40(42)30-44(52)56-47-45-43(59-51(3,4)48(47)58-50(41)54)23-20-38-29-39(24-25-55-5)49(53)57-46(38)45/h6-15,17-20,22-23,27,29,37,40,42,47-48H,16,21,24-26,28,30H2,1-5H3/t37-,40+,42-,47+,48+/m1/s1. The van der Waals surface area contributed by atoms with Crippen LogP contribution in [0.1, 0.15) is 104 Å². The maximum absolute atomic E-state index is 14.6. The summed E-state index contributed by atoms with van der Waals surface area (Å²) in [6, 6.07) is 33.2. The van der Waals surface area contributed by atoms with Crippen molar-refractivity contribution in [3.8, 4) is 5.75 Å². The fourth-order valence-electron chi connectivity index (χ4n) is 9.05. The number of carbonyl (C=O) groups excluding carboxylic acids is 2. The van der Waals surface area contributed by atoms with Gasteiger partial charge in [-0.25, -0.2) is 9.59 Å². The van der Waals surface area contributed by atoms with Crippen molar-refractivity contribution in [1.82, 2.24) is 0 Å². The Morgan fingerprint density at radius 1 is 0.814 bits per heavy atom. The fraction of sp³-hybridized carbons (Fsp3) is 0.353. The second-order valence-corrected chi connectivity index (χ2v) is 17.0. The van der Waals surface area contributed by atoms with Crippen molar-refractivity contribution >= 4 is 22.9 Å². The number of benzene rings is 4. The SMILES string of the molecule is COCCc1cc2ccc3c(c2oc1=O)[C@@H]1OC(=O)C[C@@H]2C[C@H](c4cccc(Cc5ccccc5)c4)C=C[C@@H]2c2ccc(cc2)CCC(=C(C)C)C(=O)O[C@@H]1C(C)(C)O3. The van der Waals surface area contributed by atoms with Gasteiger partial charge in [-0.15, -0.1) is 0 Å². The van der Waals surface area contributed by atoms with Gasteiger partial charge in [0.2, 0.25) is 0 Å². The minimum Gasteiger partial charge on any atom is -0.483 e. The molecular weight excluding hydrogens is 741 g/mol. The molecule has 8 nitrogen and oxygen atoms in total. The van der Waals surface area contributed by atoms with E-state index in [9.17, 15) is 14.4 Å². The molecule has 5 aromatic rings. The quantitative estimate of drug-likeness (QED) is 0.0725. The molecule has 5 atom stereocenters. The van der Waals surface area contributed by atoms with Crippen molar-refractivity contribution < 1.29 is 33.0 Å². The number of aryl methyl sites for hydroxylation is 1. The molecule has 0 radical (unpaired) electrons. The number of carbonyl (C=O) groups is 2. The summed E-state index contributed by atoms with van der Waals surface area (Å²) >= 11 is 0. The number of fused-ring (bicyclic) bond motifs is 11. The summed E-state index contributed by atoms with van der Waals surface area (Å²) in [4.78, 5) is 42.2. The van der Waals surface area contributed by atoms with Crippen molar-refractivity contribution in [2.24, 2.45) is 5.92 Å². The fourth-order valence-corrected chi connectivity index (χ4v) is 9.05. The van der Waals surface area contributed by atoms with Crippen molar-refractivity contribution in [2.45, 2.75) is 95.9 Å². The van der Waals surface area contributed by atoms with Crippen LogP contribution in [0.4, 0.5) is 0 Å². The molecule has 0 saturated carbocycles. The van der Waals surface area contributed by atoms with Crippen LogP contribution in [0.25, 0.3) is 11.0 Å². The van der Waals surface area contributed by atoms with E-state index in [2.05, 4.69) is 84.9 Å². The second kappa shape index (κ2) is 16.9. The summed E-state index contributed by atoms with van der Waals surface area (Å²) in [6.07, 6.45) is 5.52. The highest BCUT2D eigenvalue weighted by atomic mass is 16.6. The molecule has 0 spiro atoms. The molecule has 4 aromatic carbocycles. The zero-order chi connectivity index (χ0) is 41.3. The Balaban J connectivity index is 1.20. The average Bonchev–Trinajstić information content (AvgIpc) is 3.21. The molecule has 0 amide bonds. The molecule has 9 rings (SSSR count). The summed E-state index contributed by atoms with van der Waals surface area (Å²) < 4.78 is 30.8. The highest BCUT2D eigenvalue weighted by Crippen LogP contribution is 2.48. The molecule has 8 heteroatoms. The molecule has 3 aliphatic heterocycles. The molecule has 4 aliphatic rings. The van der Waals surface area contributed by atoms with Crippen LogP contribution >= 0.6 is 0 Å². The molecule has 0 N–H and O–H groups in total. The maximum Gasteiger partial charge on any atom is 0.339 e. The molecule has 1 aliphatic carbocycles. The number of allylic oxidation sites excluding steroid dienone is 3. The van der Waals surface area contributed by atoms with E-state index in [0.29, 0.717) is 53.7 Å². The lowest BCUT2D eigenvalue weighted by Gasteiger charge is -2.43. The van der Waals surface area contributed by atoms with E-state index in [1.165, 1.54) is 16.7 Å². The van der Waals surface area contributed by atoms with E-state index in [1.54, 1.807) is 19.2 Å². The molecule has 304 valence electrons. The monoisotopic (exact) mass is 792 g/mol. The molecule has 59 heavy (non-hydrogen) atoms. The molecule has 0 saturated heterocycles. The van der Waals surface area contributed by atoms with Crippen molar-refractivity contribution in [3.05, 3.63) is 170 Å². The molecule has 4 heterocycles. The zero-order valence-electron chi connectivity index (χ0n) is 34.5. The Bertz CT molecular complexity index is 2470. The summed E-state index contributed by atoms with van der Waals surface area (Å²) in [7, 11) is 1.58. The zero-order valence-corrected chi connectivity index (χ0v) is 34.5. The Morgan fingerprint density at radius 2 is 1.59 bits per heavy atom. The number of hydrogen-bond donors (Lipinski definition) is 0. The van der Waals surface area contributed by atoms with E-state index in [0.717, 1.165) is 29.5 Å². The topological polar surface area (TPSA) is 101 Å². The predicted molar refractivity (Wildman–Crippen MR) is 228 cm³/mol. The Morgan fingerprint density at radius 3 is 2.36 bits per heavy atom. The number of hydrogen-bond acceptors (Lipinski definition) is 8. The first-order chi connectivity index (χ1) is 28.5. The van der Waals surface area contributed by atoms with Gasteiger partial charge in [0, 0.05) is 48.3 Å². The van der Waals surface area contributed by atoms with Crippen LogP contribution in [0.15, 0.2) is 130 Å². The normalized spacial score (nSPS) is 22.7. The maximum atomic E-state index is 14.6. The minimum atomic E-state index is -1.13. The molecule has 0 fully saturated rings. The first kappa shape index (κ1) is 40.1. The van der Waals surface area contributed by atoms with Gasteiger partial charge in [-0.05, 0) is 105 Å². The van der Waals surface area contributed by atoms with Crippen LogP contribution in [0, 0.1) is 5.92 Å². The first-order valence-electron chi connectivity index (χ1n) is 20.7. The summed E-state index contributed by atoms with van der Waals surface area (Å²) in [5.74, 6) is -0.590. The third-order valence-corrected chi connectivity index (χ3v) is 12.2. The third-order valence-electron chi connectivity index (χ3n) is 12.2. The van der Waals surface area contributed by atoms with Crippen molar-refractivity contribution in [3.63, 3.8) is 0 Å². The Kier molecular flexibility index (Phi) is 11.5. The Hall–Kier alpha value is -5.73. The highest BCUT2D eigenvalue weighted by molar-refractivity contribution is 5.90. The predicted octanol–water partition coefficient (Wildman–Crippen LogP) is 10.1. The molecular formula is C51H52O8. The largest absolute Gasteiger partial charge is 0.483 e. The van der Waals surface area contributed by atoms with Gasteiger partial charge >= 0.3 is 17.6 Å². The van der Waals surface area contributed by atoms with E-state index in [-0.39, 0.29) is 29.8 Å². The van der Waals surface area contributed by atoms with E-state index in [1.807, 2.05) is 39.8 Å². The van der Waals surface area contributed by atoms with Gasteiger partial charge in [0.15, 0.2) is 12.2 Å². The van der Waals surface area contributed by atoms with Gasteiger partial charge in [-0.3, -0.25) is 4.79 Å². The van der Waals surface area contributed by atoms with Gasteiger partial charge < -0.3 is 23.4 Å². The van der Waals surface area contributed by atoms with E-state index < -0.39 is 35.4 Å². The Labute approximate surface area is 345 Å². The van der Waals surface area contributed by atoms with Crippen LogP contribution in [-0.2, 0) is 43.1 Å². The van der Waals surface area contributed by atoms with E-state index >= 15 is 0 Å². The van der Waals surface area contributed by atoms with Crippen LogP contribution in [0.5, 0.6) is 5.75 Å². The summed E-state index contributed by atoms with van der Waals surface area (Å²) in [5.41, 5.74) is 6.74. The first-order valence-corrected chi connectivity index (χ1v) is 20.7. The number of rotatable bonds is 6. The van der Waals surface area contributed by atoms with Crippen LogP contribution in [0.2, 0.25) is 0 Å². The lowest BCUT2D eigenvalue weighted by atomic mass is 9.72. The van der Waals surface area contributed by atoms with Gasteiger partial charge in [-0.1, -0.05) is 96.6 Å². The van der Waals surface area contributed by atoms with E-state index in [4.69, 9.17) is 23.4 Å². The summed E-state index contributed by atoms with van der Waals surface area (Å²) in [5, 5.41) is 0.633. The lowest BCUT2D eigenvalue weighted by Crippen LogP contribution is -2.52. The lowest BCUT2D eigenvalue weighted by molar-refractivity contribution is -0.188. The van der Waals surface area contributed by atoms with Gasteiger partial charge in [-0.2, -0.15) is 0 Å². The smallest absolute Gasteiger partial charge is 0.339 e. The number of methoxy groups -OCH3 is 1. The molecule has 2 bridgehead atoms. The van der Waals surface area contributed by atoms with Gasteiger partial charge in [0.25, 0.3) is 0 Å². The second-order valence-electron chi connectivity index (χ2n) is 17.0. The minimum absolute atomic E-state index is 0.0296. The molecule has 0 unspecified atom stereocenters. The van der Waals surface area contributed by atoms with Crippen molar-refractivity contribution in [2.75, 3.05) is 13.7 Å². The number of esters is 2. The third kappa shape index (κ3) is 8.55. The molecule has 1 aromatic heterocycles. The van der Waals surface area contributed by atoms with Crippen LogP contribution in [-0.4, -0.2) is 37.4 Å².